The first-order valence-electron chi connectivity index (χ1n) is 12.0. The summed E-state index contributed by atoms with van der Waals surface area (Å²) >= 11 is 5.88. The van der Waals surface area contributed by atoms with Gasteiger partial charge >= 0.3 is 0 Å². The number of nitrogens with one attached hydrogen (secondary N) is 1. The van der Waals surface area contributed by atoms with Crippen molar-refractivity contribution in [3.63, 3.8) is 0 Å². The van der Waals surface area contributed by atoms with Gasteiger partial charge in [-0.15, -0.1) is 0 Å². The summed E-state index contributed by atoms with van der Waals surface area (Å²) in [6.07, 6.45) is 3.82. The van der Waals surface area contributed by atoms with E-state index in [4.69, 9.17) is 17.0 Å². The van der Waals surface area contributed by atoms with Gasteiger partial charge < -0.3 is 24.6 Å². The van der Waals surface area contributed by atoms with Gasteiger partial charge in [0.15, 0.2) is 5.11 Å². The molecule has 2 N–H and O–H groups in total. The molecule has 3 heterocycles. The van der Waals surface area contributed by atoms with E-state index in [-0.39, 0.29) is 17.8 Å². The van der Waals surface area contributed by atoms with E-state index in [0.29, 0.717) is 5.11 Å². The summed E-state index contributed by atoms with van der Waals surface area (Å²) in [6, 6.07) is 34.5. The molecule has 1 fully saturated rings. The van der Waals surface area contributed by atoms with Crippen LogP contribution in [0, 0.1) is 0 Å². The van der Waals surface area contributed by atoms with Gasteiger partial charge in [-0.2, -0.15) is 0 Å². The number of anilines is 1. The maximum Gasteiger partial charge on any atom is 0.174 e. The minimum Gasteiger partial charge on any atom is -0.508 e. The van der Waals surface area contributed by atoms with Crippen molar-refractivity contribution in [2.75, 3.05) is 4.90 Å². The molecule has 1 aliphatic heterocycles. The maximum atomic E-state index is 9.80. The van der Waals surface area contributed by atoms with E-state index < -0.39 is 0 Å². The summed E-state index contributed by atoms with van der Waals surface area (Å²) in [5.41, 5.74) is 3.83. The van der Waals surface area contributed by atoms with Gasteiger partial charge in [-0.05, 0) is 97.1 Å². The predicted molar refractivity (Wildman–Crippen MR) is 148 cm³/mol. The van der Waals surface area contributed by atoms with Crippen LogP contribution < -0.4 is 15.0 Å². The molecule has 0 saturated carbocycles. The van der Waals surface area contributed by atoms with Crippen LogP contribution in [0.1, 0.15) is 23.5 Å². The molecule has 0 aliphatic carbocycles. The zero-order valence-corrected chi connectivity index (χ0v) is 20.6. The third kappa shape index (κ3) is 4.52. The molecule has 5 aromatic rings. The maximum absolute atomic E-state index is 9.80. The largest absolute Gasteiger partial charge is 0.508 e. The molecule has 182 valence electrons. The molecule has 37 heavy (non-hydrogen) atoms. The molecule has 0 unspecified atom stereocenters. The van der Waals surface area contributed by atoms with Gasteiger partial charge in [0.25, 0.3) is 0 Å². The molecule has 1 aliphatic rings. The van der Waals surface area contributed by atoms with E-state index in [2.05, 4.69) is 25.8 Å². The van der Waals surface area contributed by atoms with E-state index in [0.717, 1.165) is 34.3 Å². The van der Waals surface area contributed by atoms with Gasteiger partial charge in [-0.1, -0.05) is 24.3 Å². The van der Waals surface area contributed by atoms with E-state index in [1.165, 1.54) is 0 Å². The first kappa shape index (κ1) is 22.8. The SMILES string of the molecule is Oc1ccc(-n2cccc2[C@@H]2[C@@H](c3ccccn3)NC(=S)N2c2ccc(Oc3ccccc3)cc2)cc1. The van der Waals surface area contributed by atoms with Gasteiger partial charge in [0.1, 0.15) is 23.3 Å². The van der Waals surface area contributed by atoms with Crippen LogP contribution in [-0.4, -0.2) is 19.8 Å². The normalized spacial score (nSPS) is 17.0. The van der Waals surface area contributed by atoms with Gasteiger partial charge in [0, 0.05) is 29.5 Å². The Bertz CT molecular complexity index is 1500. The van der Waals surface area contributed by atoms with Crippen molar-refractivity contribution < 1.29 is 9.84 Å². The van der Waals surface area contributed by atoms with Gasteiger partial charge in [0.2, 0.25) is 0 Å². The van der Waals surface area contributed by atoms with Crippen LogP contribution in [0.2, 0.25) is 0 Å². The third-order valence-electron chi connectivity index (χ3n) is 6.40. The lowest BCUT2D eigenvalue weighted by molar-refractivity contribution is 0.475. The summed E-state index contributed by atoms with van der Waals surface area (Å²) < 4.78 is 8.12. The van der Waals surface area contributed by atoms with Crippen LogP contribution in [0.3, 0.4) is 0 Å². The minimum absolute atomic E-state index is 0.167. The highest BCUT2D eigenvalue weighted by atomic mass is 32.1. The average Bonchev–Trinajstić information content (AvgIpc) is 3.55. The number of thiocarbonyl (C=S) groups is 1. The number of para-hydroxylation sites is 1. The molecule has 0 radical (unpaired) electrons. The number of phenols is 1. The molecule has 6 nitrogen and oxygen atoms in total. The minimum atomic E-state index is -0.174. The Morgan fingerprint density at radius 1 is 0.757 bits per heavy atom. The van der Waals surface area contributed by atoms with Crippen molar-refractivity contribution in [2.24, 2.45) is 0 Å². The lowest BCUT2D eigenvalue weighted by atomic mass is 10.0. The lowest BCUT2D eigenvalue weighted by Gasteiger charge is -2.29. The number of nitrogens with zero attached hydrogens (tertiary/aromatic N) is 3. The van der Waals surface area contributed by atoms with Crippen molar-refractivity contribution in [1.82, 2.24) is 14.9 Å². The van der Waals surface area contributed by atoms with E-state index in [1.54, 1.807) is 18.3 Å². The van der Waals surface area contributed by atoms with Crippen LogP contribution >= 0.6 is 12.2 Å². The highest BCUT2D eigenvalue weighted by Crippen LogP contribution is 2.42. The molecular weight excluding hydrogens is 480 g/mol. The number of rotatable bonds is 6. The molecule has 0 spiro atoms. The van der Waals surface area contributed by atoms with Crippen molar-refractivity contribution in [1.29, 1.82) is 0 Å². The van der Waals surface area contributed by atoms with Crippen molar-refractivity contribution in [2.45, 2.75) is 12.1 Å². The number of aromatic hydroxyl groups is 1. The van der Waals surface area contributed by atoms with Crippen LogP contribution in [0.15, 0.2) is 122 Å². The monoisotopic (exact) mass is 504 g/mol. The van der Waals surface area contributed by atoms with Crippen LogP contribution in [0.4, 0.5) is 5.69 Å². The van der Waals surface area contributed by atoms with Crippen LogP contribution in [-0.2, 0) is 0 Å². The molecule has 7 heteroatoms. The van der Waals surface area contributed by atoms with Crippen LogP contribution in [0.25, 0.3) is 5.69 Å². The van der Waals surface area contributed by atoms with Gasteiger partial charge in [-0.3, -0.25) is 4.98 Å². The highest BCUT2D eigenvalue weighted by molar-refractivity contribution is 7.80. The smallest absolute Gasteiger partial charge is 0.174 e. The van der Waals surface area contributed by atoms with Crippen molar-refractivity contribution in [3.8, 4) is 22.9 Å². The Kier molecular flexibility index (Phi) is 6.04. The number of hydrogen-bond acceptors (Lipinski definition) is 4. The molecule has 1 saturated heterocycles. The van der Waals surface area contributed by atoms with Gasteiger partial charge in [0.05, 0.1) is 11.7 Å². The quantitative estimate of drug-likeness (QED) is 0.256. The van der Waals surface area contributed by atoms with Crippen molar-refractivity contribution >= 4 is 23.0 Å². The predicted octanol–water partition coefficient (Wildman–Crippen LogP) is 6.55. The Balaban J connectivity index is 1.40. The van der Waals surface area contributed by atoms with Crippen molar-refractivity contribution in [3.05, 3.63) is 133 Å². The number of aromatic nitrogens is 2. The summed E-state index contributed by atoms with van der Waals surface area (Å²) in [5, 5.41) is 13.9. The molecule has 3 aromatic carbocycles. The Hall–Kier alpha value is -4.62. The standard InChI is InChI=1S/C30H24N4O2S/c35-23-15-11-21(12-16-23)33-20-6-10-27(33)29-28(26-9-4-5-19-31-26)32-30(37)34(29)22-13-17-25(18-14-22)36-24-7-2-1-3-8-24/h1-20,28-29,35H,(H,32,37)/t28-,29-/m1/s1. The first-order valence-corrected chi connectivity index (χ1v) is 12.4. The summed E-state index contributed by atoms with van der Waals surface area (Å²) in [5.74, 6) is 1.76. The third-order valence-corrected chi connectivity index (χ3v) is 6.72. The molecule has 0 bridgehead atoms. The fourth-order valence-electron chi connectivity index (χ4n) is 4.72. The van der Waals surface area contributed by atoms with E-state index in [9.17, 15) is 5.11 Å². The fraction of sp³-hybridized carbons (Fsp3) is 0.0667. The van der Waals surface area contributed by atoms with Crippen LogP contribution in [0.5, 0.6) is 17.2 Å². The number of ether oxygens (including phenoxy) is 1. The second-order valence-corrected chi connectivity index (χ2v) is 9.11. The molecule has 2 atom stereocenters. The molecule has 2 aromatic heterocycles. The Labute approximate surface area is 220 Å². The molecule has 6 rings (SSSR count). The lowest BCUT2D eigenvalue weighted by Crippen LogP contribution is -2.30. The number of pyridine rings is 1. The summed E-state index contributed by atoms with van der Waals surface area (Å²) in [6.45, 7) is 0. The second-order valence-electron chi connectivity index (χ2n) is 8.73. The summed E-state index contributed by atoms with van der Waals surface area (Å²) in [4.78, 5) is 6.78. The van der Waals surface area contributed by atoms with E-state index >= 15 is 0 Å². The highest BCUT2D eigenvalue weighted by Gasteiger charge is 2.42. The van der Waals surface area contributed by atoms with Gasteiger partial charge in [-0.25, -0.2) is 0 Å². The number of phenolic OH excluding ortho intramolecular Hbond substituents is 1. The Morgan fingerprint density at radius 3 is 2.19 bits per heavy atom. The number of benzene rings is 3. The zero-order chi connectivity index (χ0) is 25.2. The fourth-order valence-corrected chi connectivity index (χ4v) is 5.06. The Morgan fingerprint density at radius 2 is 1.46 bits per heavy atom. The van der Waals surface area contributed by atoms with E-state index in [1.807, 2.05) is 97.2 Å². The average molecular weight is 505 g/mol. The number of hydrogen-bond donors (Lipinski definition) is 2. The second kappa shape index (κ2) is 9.79. The topological polar surface area (TPSA) is 62.5 Å². The zero-order valence-electron chi connectivity index (χ0n) is 19.8. The summed E-state index contributed by atoms with van der Waals surface area (Å²) in [7, 11) is 0. The molecule has 0 amide bonds. The first-order chi connectivity index (χ1) is 18.2. The molecular formula is C30H24N4O2S.